The van der Waals surface area contributed by atoms with Gasteiger partial charge in [-0.05, 0) is 58.0 Å². The van der Waals surface area contributed by atoms with Crippen molar-refractivity contribution in [3.8, 4) is 11.8 Å². The second kappa shape index (κ2) is 7.32. The Balaban J connectivity index is 2.00. The second-order valence-corrected chi connectivity index (χ2v) is 6.55. The molecule has 1 heterocycles. The third-order valence-electron chi connectivity index (χ3n) is 3.95. The fraction of sp³-hybridized carbons (Fsp3) is 0.667. The lowest BCUT2D eigenvalue weighted by Gasteiger charge is -2.35. The van der Waals surface area contributed by atoms with Gasteiger partial charge in [0.15, 0.2) is 0 Å². The maximum Gasteiger partial charge on any atom is 0.120 e. The highest BCUT2D eigenvalue weighted by molar-refractivity contribution is 5.25. The van der Waals surface area contributed by atoms with Crippen molar-refractivity contribution in [3.05, 3.63) is 24.0 Å². The summed E-state index contributed by atoms with van der Waals surface area (Å²) in [4.78, 5) is 2.44. The maximum absolute atomic E-state index is 9.64. The van der Waals surface area contributed by atoms with Crippen LogP contribution in [-0.4, -0.2) is 54.6 Å². The summed E-state index contributed by atoms with van der Waals surface area (Å²) in [5.74, 6) is 6.59. The van der Waals surface area contributed by atoms with Crippen LogP contribution in [0.25, 0.3) is 0 Å². The number of nitrogens with zero attached hydrogens (tertiary/aromatic N) is 1. The van der Waals surface area contributed by atoms with Crippen LogP contribution in [0.1, 0.15) is 33.1 Å². The highest BCUT2D eigenvalue weighted by Gasteiger charge is 2.32. The summed E-state index contributed by atoms with van der Waals surface area (Å²) >= 11 is 0. The van der Waals surface area contributed by atoms with Gasteiger partial charge in [0, 0.05) is 13.0 Å². The average Bonchev–Trinajstić information content (AvgIpc) is 2.96. The molecule has 4 nitrogen and oxygen atoms in total. The van der Waals surface area contributed by atoms with Gasteiger partial charge in [-0.1, -0.05) is 11.8 Å². The van der Waals surface area contributed by atoms with Crippen molar-refractivity contribution < 1.29 is 14.6 Å². The van der Waals surface area contributed by atoms with Gasteiger partial charge in [0.05, 0.1) is 7.11 Å². The Hall–Kier alpha value is -1.28. The van der Waals surface area contributed by atoms with E-state index in [1.54, 1.807) is 21.0 Å². The zero-order valence-electron chi connectivity index (χ0n) is 13.9. The van der Waals surface area contributed by atoms with Crippen LogP contribution in [0.5, 0.6) is 0 Å². The molecule has 0 bridgehead atoms. The van der Waals surface area contributed by atoms with Gasteiger partial charge in [0.2, 0.25) is 0 Å². The van der Waals surface area contributed by atoms with E-state index in [4.69, 9.17) is 9.47 Å². The third kappa shape index (κ3) is 5.17. The molecule has 4 heteroatoms. The summed E-state index contributed by atoms with van der Waals surface area (Å²) < 4.78 is 11.4. The minimum atomic E-state index is -0.975. The average molecular weight is 305 g/mol. The van der Waals surface area contributed by atoms with E-state index in [1.165, 1.54) is 12.8 Å². The molecule has 1 fully saturated rings. The van der Waals surface area contributed by atoms with Crippen molar-refractivity contribution in [2.75, 3.05) is 33.4 Å². The van der Waals surface area contributed by atoms with Crippen LogP contribution in [0.3, 0.4) is 0 Å². The molecule has 1 unspecified atom stereocenters. The Morgan fingerprint density at radius 1 is 1.36 bits per heavy atom. The highest BCUT2D eigenvalue weighted by Crippen LogP contribution is 2.28. The highest BCUT2D eigenvalue weighted by atomic mass is 16.5. The number of likely N-dealkylation sites (tertiary alicyclic amines) is 1. The zero-order chi connectivity index (χ0) is 16.1. The van der Waals surface area contributed by atoms with Gasteiger partial charge in [0.25, 0.3) is 0 Å². The molecule has 1 atom stereocenters. The number of hydrogen-bond acceptors (Lipinski definition) is 4. The lowest BCUT2D eigenvalue weighted by molar-refractivity contribution is -0.0113. The molecule has 1 aliphatic heterocycles. The van der Waals surface area contributed by atoms with Crippen molar-refractivity contribution in [1.82, 2.24) is 4.90 Å². The van der Waals surface area contributed by atoms with Gasteiger partial charge in [-0.25, -0.2) is 0 Å². The summed E-state index contributed by atoms with van der Waals surface area (Å²) in [6.07, 6.45) is 9.45. The first-order chi connectivity index (χ1) is 10.4. The first kappa shape index (κ1) is 17.1. The molecule has 22 heavy (non-hydrogen) atoms. The molecule has 0 aromatic heterocycles. The van der Waals surface area contributed by atoms with Crippen LogP contribution in [0.2, 0.25) is 0 Å². The monoisotopic (exact) mass is 305 g/mol. The molecule has 1 aliphatic carbocycles. The molecule has 1 saturated heterocycles. The van der Waals surface area contributed by atoms with Crippen LogP contribution >= 0.6 is 0 Å². The summed E-state index contributed by atoms with van der Waals surface area (Å²) in [6.45, 7) is 6.81. The Morgan fingerprint density at radius 2 is 2.09 bits per heavy atom. The Bertz CT molecular complexity index is 487. The van der Waals surface area contributed by atoms with E-state index in [2.05, 4.69) is 28.9 Å². The summed E-state index contributed by atoms with van der Waals surface area (Å²) in [5.41, 5.74) is -1.32. The van der Waals surface area contributed by atoms with E-state index in [0.717, 1.165) is 31.8 Å². The number of rotatable bonds is 5. The van der Waals surface area contributed by atoms with Gasteiger partial charge < -0.3 is 19.5 Å². The lowest BCUT2D eigenvalue weighted by atomic mass is 9.93. The molecule has 2 rings (SSSR count). The van der Waals surface area contributed by atoms with Crippen molar-refractivity contribution in [2.45, 2.75) is 44.3 Å². The molecule has 0 radical (unpaired) electrons. The number of allylic oxidation sites excluding steroid dienone is 1. The van der Waals surface area contributed by atoms with Crippen molar-refractivity contribution in [3.63, 3.8) is 0 Å². The smallest absolute Gasteiger partial charge is 0.120 e. The quantitative estimate of drug-likeness (QED) is 0.790. The van der Waals surface area contributed by atoms with E-state index in [9.17, 15) is 5.11 Å². The normalized spacial score (nSPS) is 25.5. The van der Waals surface area contributed by atoms with E-state index in [0.29, 0.717) is 6.61 Å². The zero-order valence-corrected chi connectivity index (χ0v) is 13.9. The molecule has 0 spiro atoms. The van der Waals surface area contributed by atoms with Crippen molar-refractivity contribution in [2.24, 2.45) is 0 Å². The molecule has 0 aromatic carbocycles. The number of ether oxygens (including phenoxy) is 2. The third-order valence-corrected chi connectivity index (χ3v) is 3.95. The minimum Gasteiger partial charge on any atom is -0.497 e. The van der Waals surface area contributed by atoms with E-state index < -0.39 is 5.60 Å². The molecule has 1 N–H and O–H groups in total. The van der Waals surface area contributed by atoms with Crippen LogP contribution < -0.4 is 0 Å². The van der Waals surface area contributed by atoms with Gasteiger partial charge in [-0.3, -0.25) is 0 Å². The fourth-order valence-electron chi connectivity index (χ4n) is 2.82. The molecule has 0 aromatic rings. The SMILES string of the molecule is COC1=CCC(CN2CCCC2)(OCC#CC(C)(C)O)C=C1. The standard InChI is InChI=1S/C18H27NO3/c1-17(2,20)9-6-14-22-18(15-19-12-4-5-13-19)10-7-16(21-3)8-11-18/h7-8,10,20H,4-5,11-15H2,1-3H3. The summed E-state index contributed by atoms with van der Waals surface area (Å²) in [6, 6.07) is 0. The van der Waals surface area contributed by atoms with Gasteiger partial charge in [-0.2, -0.15) is 0 Å². The number of aliphatic hydroxyl groups is 1. The van der Waals surface area contributed by atoms with Crippen molar-refractivity contribution >= 4 is 0 Å². The maximum atomic E-state index is 9.64. The van der Waals surface area contributed by atoms with Crippen LogP contribution in [0.4, 0.5) is 0 Å². The molecule has 2 aliphatic rings. The van der Waals surface area contributed by atoms with E-state index >= 15 is 0 Å². The molecular formula is C18H27NO3. The Morgan fingerprint density at radius 3 is 2.64 bits per heavy atom. The first-order valence-electron chi connectivity index (χ1n) is 7.95. The predicted octanol–water partition coefficient (Wildman–Crippen LogP) is 2.10. The topological polar surface area (TPSA) is 41.9 Å². The largest absolute Gasteiger partial charge is 0.497 e. The fourth-order valence-corrected chi connectivity index (χ4v) is 2.82. The van der Waals surface area contributed by atoms with Crippen LogP contribution in [0.15, 0.2) is 24.0 Å². The molecule has 0 amide bonds. The lowest BCUT2D eigenvalue weighted by Crippen LogP contribution is -2.43. The molecule has 0 saturated carbocycles. The summed E-state index contributed by atoms with van der Waals surface area (Å²) in [7, 11) is 1.68. The minimum absolute atomic E-state index is 0.318. The van der Waals surface area contributed by atoms with E-state index in [1.807, 2.05) is 6.08 Å². The number of hydrogen-bond donors (Lipinski definition) is 1. The first-order valence-corrected chi connectivity index (χ1v) is 7.95. The predicted molar refractivity (Wildman–Crippen MR) is 87.3 cm³/mol. The van der Waals surface area contributed by atoms with Crippen molar-refractivity contribution in [1.29, 1.82) is 0 Å². The second-order valence-electron chi connectivity index (χ2n) is 6.55. The van der Waals surface area contributed by atoms with E-state index in [-0.39, 0.29) is 5.60 Å². The van der Waals surface area contributed by atoms with Gasteiger partial charge in [-0.15, -0.1) is 0 Å². The number of methoxy groups -OCH3 is 1. The van der Waals surface area contributed by atoms with Gasteiger partial charge in [0.1, 0.15) is 23.6 Å². The van der Waals surface area contributed by atoms with Crippen LogP contribution in [0, 0.1) is 11.8 Å². The molecular weight excluding hydrogens is 278 g/mol. The Kier molecular flexibility index (Phi) is 5.69. The Labute approximate surface area is 133 Å². The van der Waals surface area contributed by atoms with Gasteiger partial charge >= 0.3 is 0 Å². The summed E-state index contributed by atoms with van der Waals surface area (Å²) in [5, 5.41) is 9.64. The van der Waals surface area contributed by atoms with Crippen LogP contribution in [-0.2, 0) is 9.47 Å². The molecule has 122 valence electrons.